The lowest BCUT2D eigenvalue weighted by Gasteiger charge is -2.20. The number of hydrogen-bond donors (Lipinski definition) is 1. The average molecular weight is 352 g/mol. The van der Waals surface area contributed by atoms with E-state index in [0.29, 0.717) is 17.5 Å². The molecule has 3 heterocycles. The highest BCUT2D eigenvalue weighted by Gasteiger charge is 2.53. The maximum atomic E-state index is 12.9. The number of carbonyl (C=O) groups is 2. The van der Waals surface area contributed by atoms with Crippen LogP contribution in [0, 0.1) is 5.41 Å². The Bertz CT molecular complexity index is 938. The van der Waals surface area contributed by atoms with Gasteiger partial charge in [0.25, 0.3) is 0 Å². The number of fused-ring (bicyclic) bond motifs is 1. The third-order valence-electron chi connectivity index (χ3n) is 4.42. The van der Waals surface area contributed by atoms with Crippen LogP contribution in [0.4, 0.5) is 0 Å². The van der Waals surface area contributed by atoms with Gasteiger partial charge in [0.05, 0.1) is 17.1 Å². The molecule has 2 aromatic rings. The molecule has 120 valence electrons. The monoisotopic (exact) mass is 352 g/mol. The molecular weight excluding hydrogens is 340 g/mol. The van der Waals surface area contributed by atoms with E-state index in [1.54, 1.807) is 12.1 Å². The summed E-state index contributed by atoms with van der Waals surface area (Å²) in [5.74, 6) is -0.728. The lowest BCUT2D eigenvalue weighted by molar-refractivity contribution is -0.128. The molecule has 1 aromatic carbocycles. The molecule has 1 spiro atoms. The molecule has 0 bridgehead atoms. The van der Waals surface area contributed by atoms with Gasteiger partial charge in [-0.1, -0.05) is 6.07 Å². The highest BCUT2D eigenvalue weighted by molar-refractivity contribution is 7.89. The summed E-state index contributed by atoms with van der Waals surface area (Å²) in [6.07, 6.45) is 0.384. The largest absolute Gasteiger partial charge is 0.296 e. The van der Waals surface area contributed by atoms with Crippen LogP contribution in [-0.2, 0) is 19.6 Å². The van der Waals surface area contributed by atoms with E-state index in [1.807, 2.05) is 0 Å². The molecule has 1 N–H and O–H groups in total. The molecule has 0 unspecified atom stereocenters. The molecule has 2 fully saturated rings. The van der Waals surface area contributed by atoms with E-state index in [4.69, 9.17) is 0 Å². The van der Waals surface area contributed by atoms with Crippen LogP contribution >= 0.6 is 11.7 Å². The SMILES string of the molecule is O=C1C[C@@]2(CCN(S(=O)(=O)c3cccc4nsnc34)C2)C(=O)N1. The minimum atomic E-state index is -3.79. The first-order chi connectivity index (χ1) is 10.9. The maximum absolute atomic E-state index is 12.9. The molecule has 1 atom stereocenters. The van der Waals surface area contributed by atoms with Crippen LogP contribution in [0.5, 0.6) is 0 Å². The molecule has 4 rings (SSSR count). The lowest BCUT2D eigenvalue weighted by Crippen LogP contribution is -2.36. The van der Waals surface area contributed by atoms with Crippen molar-refractivity contribution in [1.29, 1.82) is 0 Å². The predicted octanol–water partition coefficient (Wildman–Crippen LogP) is 0.119. The van der Waals surface area contributed by atoms with Crippen molar-refractivity contribution in [3.63, 3.8) is 0 Å². The summed E-state index contributed by atoms with van der Waals surface area (Å²) in [7, 11) is -3.79. The Morgan fingerprint density at radius 3 is 2.83 bits per heavy atom. The smallest absolute Gasteiger partial charge is 0.245 e. The summed E-state index contributed by atoms with van der Waals surface area (Å²) in [6, 6.07) is 4.81. The van der Waals surface area contributed by atoms with Crippen molar-refractivity contribution in [3.05, 3.63) is 18.2 Å². The molecule has 2 aliphatic heterocycles. The van der Waals surface area contributed by atoms with Gasteiger partial charge in [0.2, 0.25) is 21.8 Å². The number of imide groups is 1. The van der Waals surface area contributed by atoms with Gasteiger partial charge in [-0.05, 0) is 18.6 Å². The van der Waals surface area contributed by atoms with Crippen molar-refractivity contribution < 1.29 is 18.0 Å². The van der Waals surface area contributed by atoms with E-state index in [-0.39, 0.29) is 36.2 Å². The Morgan fingerprint density at radius 2 is 2.09 bits per heavy atom. The third-order valence-corrected chi connectivity index (χ3v) is 6.84. The number of nitrogens with one attached hydrogen (secondary N) is 1. The normalized spacial score (nSPS) is 25.6. The van der Waals surface area contributed by atoms with Gasteiger partial charge in [0.1, 0.15) is 15.9 Å². The third kappa shape index (κ3) is 2.09. The van der Waals surface area contributed by atoms with E-state index in [0.717, 1.165) is 11.7 Å². The summed E-state index contributed by atoms with van der Waals surface area (Å²) >= 11 is 0.953. The lowest BCUT2D eigenvalue weighted by atomic mass is 9.86. The van der Waals surface area contributed by atoms with Gasteiger partial charge in [0, 0.05) is 19.5 Å². The van der Waals surface area contributed by atoms with Crippen molar-refractivity contribution >= 4 is 44.6 Å². The fourth-order valence-electron chi connectivity index (χ4n) is 3.19. The summed E-state index contributed by atoms with van der Waals surface area (Å²) < 4.78 is 35.2. The number of hydrogen-bond acceptors (Lipinski definition) is 7. The maximum Gasteiger partial charge on any atom is 0.245 e. The zero-order chi connectivity index (χ0) is 16.2. The number of sulfonamides is 1. The minimum Gasteiger partial charge on any atom is -0.296 e. The summed E-state index contributed by atoms with van der Waals surface area (Å²) in [4.78, 5) is 23.6. The van der Waals surface area contributed by atoms with Crippen LogP contribution in [0.25, 0.3) is 11.0 Å². The highest BCUT2D eigenvalue weighted by atomic mass is 32.2. The van der Waals surface area contributed by atoms with Crippen LogP contribution in [0.1, 0.15) is 12.8 Å². The first-order valence-corrected chi connectivity index (χ1v) is 9.15. The minimum absolute atomic E-state index is 0.0147. The summed E-state index contributed by atoms with van der Waals surface area (Å²) in [5, 5.41) is 2.27. The van der Waals surface area contributed by atoms with E-state index in [2.05, 4.69) is 14.1 Å². The van der Waals surface area contributed by atoms with Gasteiger partial charge in [-0.3, -0.25) is 14.9 Å². The van der Waals surface area contributed by atoms with Gasteiger partial charge >= 0.3 is 0 Å². The molecule has 10 heteroatoms. The van der Waals surface area contributed by atoms with Gasteiger partial charge < -0.3 is 0 Å². The van der Waals surface area contributed by atoms with Crippen LogP contribution in [0.2, 0.25) is 0 Å². The summed E-state index contributed by atoms with van der Waals surface area (Å²) in [6.45, 7) is 0.220. The van der Waals surface area contributed by atoms with Crippen LogP contribution < -0.4 is 5.32 Å². The number of nitrogens with zero attached hydrogens (tertiary/aromatic N) is 3. The van der Waals surface area contributed by atoms with E-state index in [1.165, 1.54) is 10.4 Å². The summed E-state index contributed by atoms with van der Waals surface area (Å²) in [5.41, 5.74) is -0.0672. The predicted molar refractivity (Wildman–Crippen MR) is 81.0 cm³/mol. The molecule has 0 radical (unpaired) electrons. The second-order valence-electron chi connectivity index (χ2n) is 5.81. The van der Waals surface area contributed by atoms with Crippen molar-refractivity contribution in [1.82, 2.24) is 18.4 Å². The van der Waals surface area contributed by atoms with Gasteiger partial charge in [-0.25, -0.2) is 8.42 Å². The van der Waals surface area contributed by atoms with Gasteiger partial charge in [-0.15, -0.1) is 0 Å². The van der Waals surface area contributed by atoms with Crippen molar-refractivity contribution in [3.8, 4) is 0 Å². The standard InChI is InChI=1S/C13H12N4O4S2/c18-10-6-13(12(19)14-10)4-5-17(7-13)23(20,21)9-3-1-2-8-11(9)16-22-15-8/h1-3H,4-7H2,(H,14,18,19)/t13-/m1/s1. The van der Waals surface area contributed by atoms with Crippen LogP contribution in [0.3, 0.4) is 0 Å². The number of rotatable bonds is 2. The molecule has 2 aliphatic rings. The second-order valence-corrected chi connectivity index (χ2v) is 8.25. The first kappa shape index (κ1) is 14.7. The highest BCUT2D eigenvalue weighted by Crippen LogP contribution is 2.40. The number of amides is 2. The van der Waals surface area contributed by atoms with E-state index >= 15 is 0 Å². The Kier molecular flexibility index (Phi) is 3.06. The molecule has 2 saturated heterocycles. The number of carbonyl (C=O) groups excluding carboxylic acids is 2. The van der Waals surface area contributed by atoms with Crippen LogP contribution in [-0.4, -0.2) is 46.4 Å². The Labute approximate surface area is 135 Å². The molecule has 0 saturated carbocycles. The van der Waals surface area contributed by atoms with Crippen molar-refractivity contribution in [2.75, 3.05) is 13.1 Å². The quantitative estimate of drug-likeness (QED) is 0.769. The Balaban J connectivity index is 1.72. The Hall–Kier alpha value is -1.91. The number of aromatic nitrogens is 2. The van der Waals surface area contributed by atoms with Crippen molar-refractivity contribution in [2.24, 2.45) is 5.41 Å². The molecule has 0 aliphatic carbocycles. The molecule has 2 amide bonds. The van der Waals surface area contributed by atoms with Crippen LogP contribution in [0.15, 0.2) is 23.1 Å². The zero-order valence-corrected chi connectivity index (χ0v) is 13.5. The zero-order valence-electron chi connectivity index (χ0n) is 11.9. The fraction of sp³-hybridized carbons (Fsp3) is 0.385. The first-order valence-electron chi connectivity index (χ1n) is 6.98. The van der Waals surface area contributed by atoms with E-state index in [9.17, 15) is 18.0 Å². The molecule has 8 nitrogen and oxygen atoms in total. The topological polar surface area (TPSA) is 109 Å². The number of benzene rings is 1. The second kappa shape index (κ2) is 4.79. The van der Waals surface area contributed by atoms with E-state index < -0.39 is 15.4 Å². The van der Waals surface area contributed by atoms with Gasteiger partial charge in [0.15, 0.2) is 0 Å². The molecular formula is C13H12N4O4S2. The molecule has 1 aromatic heterocycles. The molecule has 23 heavy (non-hydrogen) atoms. The average Bonchev–Trinajstić information content (AvgIpc) is 3.19. The van der Waals surface area contributed by atoms with Gasteiger partial charge in [-0.2, -0.15) is 13.1 Å². The Morgan fingerprint density at radius 1 is 1.26 bits per heavy atom. The van der Waals surface area contributed by atoms with Crippen molar-refractivity contribution in [2.45, 2.75) is 17.7 Å². The fourth-order valence-corrected chi connectivity index (χ4v) is 5.47.